The molecule has 1 atom stereocenters. The molecule has 30 heavy (non-hydrogen) atoms. The Kier molecular flexibility index (Phi) is 6.53. The number of carbonyl (C=O) groups is 3. The van der Waals surface area contributed by atoms with Crippen molar-refractivity contribution in [2.24, 2.45) is 5.73 Å². The predicted octanol–water partition coefficient (Wildman–Crippen LogP) is 2.88. The Morgan fingerprint density at radius 3 is 2.37 bits per heavy atom. The first-order valence-electron chi connectivity index (χ1n) is 8.99. The molecule has 0 aliphatic carbocycles. The van der Waals surface area contributed by atoms with E-state index in [2.05, 4.69) is 10.3 Å². The molecule has 0 spiro atoms. The van der Waals surface area contributed by atoms with E-state index in [1.54, 1.807) is 16.7 Å². The summed E-state index contributed by atoms with van der Waals surface area (Å²) in [5.41, 5.74) is 6.95. The standard InChI is InChI=1S/C21H20N4O4S/c1-13(19(27)24-15-10-8-14(9-11-15)18(22)26)29-20(28)17-12-23-21(30-2)25(17)16-6-4-3-5-7-16/h3-13H,1-2H3,(H2,22,26)(H,24,27). The summed E-state index contributed by atoms with van der Waals surface area (Å²) in [4.78, 5) is 40.5. The molecule has 0 saturated heterocycles. The largest absolute Gasteiger partial charge is 0.448 e. The van der Waals surface area contributed by atoms with E-state index in [1.807, 2.05) is 36.6 Å². The number of imidazole rings is 1. The quantitative estimate of drug-likeness (QED) is 0.445. The van der Waals surface area contributed by atoms with Crippen molar-refractivity contribution >= 4 is 35.2 Å². The molecule has 3 rings (SSSR count). The number of hydrogen-bond donors (Lipinski definition) is 2. The van der Waals surface area contributed by atoms with Crippen LogP contribution in [-0.2, 0) is 9.53 Å². The molecule has 0 bridgehead atoms. The number of carbonyl (C=O) groups excluding carboxylic acids is 3. The van der Waals surface area contributed by atoms with Crippen LogP contribution in [0.4, 0.5) is 5.69 Å². The van der Waals surface area contributed by atoms with Crippen LogP contribution in [0.15, 0.2) is 66.0 Å². The first kappa shape index (κ1) is 21.1. The number of primary amides is 1. The molecule has 0 fully saturated rings. The second kappa shape index (κ2) is 9.27. The Morgan fingerprint density at radius 2 is 1.77 bits per heavy atom. The Bertz CT molecular complexity index is 1060. The average molecular weight is 424 g/mol. The summed E-state index contributed by atoms with van der Waals surface area (Å²) < 4.78 is 7.04. The van der Waals surface area contributed by atoms with Gasteiger partial charge in [-0.3, -0.25) is 14.2 Å². The summed E-state index contributed by atoms with van der Waals surface area (Å²) in [7, 11) is 0. The van der Waals surface area contributed by atoms with Gasteiger partial charge in [0.2, 0.25) is 5.91 Å². The van der Waals surface area contributed by atoms with Gasteiger partial charge < -0.3 is 15.8 Å². The van der Waals surface area contributed by atoms with Crippen LogP contribution in [0.1, 0.15) is 27.8 Å². The van der Waals surface area contributed by atoms with Crippen LogP contribution >= 0.6 is 11.8 Å². The van der Waals surface area contributed by atoms with E-state index in [4.69, 9.17) is 10.5 Å². The van der Waals surface area contributed by atoms with Crippen LogP contribution in [0, 0.1) is 0 Å². The smallest absolute Gasteiger partial charge is 0.357 e. The van der Waals surface area contributed by atoms with Gasteiger partial charge in [-0.1, -0.05) is 30.0 Å². The van der Waals surface area contributed by atoms with Crippen molar-refractivity contribution in [3.05, 3.63) is 72.1 Å². The van der Waals surface area contributed by atoms with Crippen molar-refractivity contribution < 1.29 is 19.1 Å². The number of nitrogens with one attached hydrogen (secondary N) is 1. The molecule has 3 N–H and O–H groups in total. The number of hydrogen-bond acceptors (Lipinski definition) is 6. The Hall–Kier alpha value is -3.59. The fraction of sp³-hybridized carbons (Fsp3) is 0.143. The summed E-state index contributed by atoms with van der Waals surface area (Å²) in [6.45, 7) is 1.48. The Labute approximate surface area is 177 Å². The van der Waals surface area contributed by atoms with Crippen LogP contribution in [0.25, 0.3) is 5.69 Å². The minimum Gasteiger partial charge on any atom is -0.448 e. The van der Waals surface area contributed by atoms with Crippen molar-refractivity contribution in [2.45, 2.75) is 18.2 Å². The maximum atomic E-state index is 12.7. The van der Waals surface area contributed by atoms with E-state index in [-0.39, 0.29) is 5.69 Å². The fourth-order valence-electron chi connectivity index (χ4n) is 2.69. The molecule has 8 nitrogen and oxygen atoms in total. The molecule has 2 amide bonds. The molecule has 0 aliphatic rings. The van der Waals surface area contributed by atoms with E-state index in [0.717, 1.165) is 5.69 Å². The zero-order chi connectivity index (χ0) is 21.7. The molecule has 1 unspecified atom stereocenters. The number of anilines is 1. The number of nitrogens with zero attached hydrogens (tertiary/aromatic N) is 2. The highest BCUT2D eigenvalue weighted by Gasteiger charge is 2.24. The lowest BCUT2D eigenvalue weighted by molar-refractivity contribution is -0.123. The molecule has 3 aromatic rings. The van der Waals surface area contributed by atoms with E-state index in [1.165, 1.54) is 37.0 Å². The highest BCUT2D eigenvalue weighted by Crippen LogP contribution is 2.22. The molecular formula is C21H20N4O4S. The van der Waals surface area contributed by atoms with Crippen molar-refractivity contribution in [3.63, 3.8) is 0 Å². The van der Waals surface area contributed by atoms with Gasteiger partial charge in [0.1, 0.15) is 0 Å². The Balaban J connectivity index is 1.72. The zero-order valence-electron chi connectivity index (χ0n) is 16.4. The molecule has 154 valence electrons. The molecule has 9 heteroatoms. The van der Waals surface area contributed by atoms with Crippen molar-refractivity contribution in [2.75, 3.05) is 11.6 Å². The van der Waals surface area contributed by atoms with E-state index < -0.39 is 23.9 Å². The third kappa shape index (κ3) is 4.69. The normalized spacial score (nSPS) is 11.5. The number of benzene rings is 2. The number of thioether (sulfide) groups is 1. The summed E-state index contributed by atoms with van der Waals surface area (Å²) in [5, 5.41) is 3.26. The second-order valence-electron chi connectivity index (χ2n) is 6.28. The van der Waals surface area contributed by atoms with Crippen molar-refractivity contribution in [3.8, 4) is 5.69 Å². The molecule has 0 radical (unpaired) electrons. The third-order valence-electron chi connectivity index (χ3n) is 4.23. The molecular weight excluding hydrogens is 404 g/mol. The Morgan fingerprint density at radius 1 is 1.10 bits per heavy atom. The summed E-state index contributed by atoms with van der Waals surface area (Å²) >= 11 is 1.39. The number of para-hydroxylation sites is 1. The number of amides is 2. The fourth-order valence-corrected chi connectivity index (χ4v) is 3.23. The van der Waals surface area contributed by atoms with Crippen LogP contribution in [0.5, 0.6) is 0 Å². The summed E-state index contributed by atoms with van der Waals surface area (Å²) in [6, 6.07) is 15.4. The lowest BCUT2D eigenvalue weighted by atomic mass is 10.2. The number of aromatic nitrogens is 2. The summed E-state index contributed by atoms with van der Waals surface area (Å²) in [5.74, 6) is -1.74. The number of rotatable bonds is 7. The van der Waals surface area contributed by atoms with Gasteiger partial charge in [0.25, 0.3) is 5.91 Å². The van der Waals surface area contributed by atoms with E-state index >= 15 is 0 Å². The molecule has 1 heterocycles. The first-order chi connectivity index (χ1) is 14.4. The van der Waals surface area contributed by atoms with Crippen LogP contribution < -0.4 is 11.1 Å². The highest BCUT2D eigenvalue weighted by molar-refractivity contribution is 7.98. The number of nitrogens with two attached hydrogens (primary N) is 1. The maximum Gasteiger partial charge on any atom is 0.357 e. The van der Waals surface area contributed by atoms with Gasteiger partial charge in [0, 0.05) is 16.9 Å². The van der Waals surface area contributed by atoms with Crippen molar-refractivity contribution in [1.29, 1.82) is 0 Å². The monoisotopic (exact) mass is 424 g/mol. The van der Waals surface area contributed by atoms with Gasteiger partial charge in [0.05, 0.1) is 6.20 Å². The van der Waals surface area contributed by atoms with Gasteiger partial charge in [0.15, 0.2) is 17.0 Å². The third-order valence-corrected chi connectivity index (χ3v) is 4.88. The minimum atomic E-state index is -1.05. The summed E-state index contributed by atoms with van der Waals surface area (Å²) in [6.07, 6.45) is 2.23. The number of ether oxygens (including phenoxy) is 1. The SMILES string of the molecule is CSc1ncc(C(=O)OC(C)C(=O)Nc2ccc(C(N)=O)cc2)n1-c1ccccc1. The van der Waals surface area contributed by atoms with Gasteiger partial charge in [-0.15, -0.1) is 0 Å². The molecule has 1 aromatic heterocycles. The van der Waals surface area contributed by atoms with Gasteiger partial charge >= 0.3 is 5.97 Å². The van der Waals surface area contributed by atoms with Crippen molar-refractivity contribution in [1.82, 2.24) is 9.55 Å². The molecule has 0 saturated carbocycles. The van der Waals surface area contributed by atoms with Crippen LogP contribution in [0.2, 0.25) is 0 Å². The van der Waals surface area contributed by atoms with Crippen LogP contribution in [-0.4, -0.2) is 39.7 Å². The second-order valence-corrected chi connectivity index (χ2v) is 7.05. The zero-order valence-corrected chi connectivity index (χ0v) is 17.2. The van der Waals surface area contributed by atoms with E-state index in [9.17, 15) is 14.4 Å². The predicted molar refractivity (Wildman–Crippen MR) is 114 cm³/mol. The minimum absolute atomic E-state index is 0.219. The average Bonchev–Trinajstić information content (AvgIpc) is 3.19. The number of esters is 1. The highest BCUT2D eigenvalue weighted by atomic mass is 32.2. The van der Waals surface area contributed by atoms with E-state index in [0.29, 0.717) is 16.4 Å². The molecule has 0 aliphatic heterocycles. The lowest BCUT2D eigenvalue weighted by Gasteiger charge is -2.15. The topological polar surface area (TPSA) is 116 Å². The molecule has 2 aromatic carbocycles. The first-order valence-corrected chi connectivity index (χ1v) is 10.2. The van der Waals surface area contributed by atoms with Gasteiger partial charge in [-0.05, 0) is 49.6 Å². The lowest BCUT2D eigenvalue weighted by Crippen LogP contribution is -2.30. The van der Waals surface area contributed by atoms with Gasteiger partial charge in [-0.2, -0.15) is 0 Å². The van der Waals surface area contributed by atoms with Gasteiger partial charge in [-0.25, -0.2) is 9.78 Å². The maximum absolute atomic E-state index is 12.7. The van der Waals surface area contributed by atoms with Crippen LogP contribution in [0.3, 0.4) is 0 Å².